The Kier molecular flexibility index (Phi) is 6.31. The quantitative estimate of drug-likeness (QED) is 0.422. The number of fused-ring (bicyclic) bond motifs is 1. The molecule has 34 heavy (non-hydrogen) atoms. The van der Waals surface area contributed by atoms with Gasteiger partial charge in [-0.3, -0.25) is 9.89 Å². The predicted octanol–water partition coefficient (Wildman–Crippen LogP) is 4.32. The van der Waals surface area contributed by atoms with Crippen molar-refractivity contribution in [1.29, 1.82) is 0 Å². The molecule has 1 aromatic carbocycles. The minimum atomic E-state index is -0.0734. The SMILES string of the molecule is Cc1ccc2nc(N(C)Cc3ccn[nH]3)c(CN(CC3CCCO3)C(=O)c3ccoc3)cc2c1. The first-order valence-electron chi connectivity index (χ1n) is 11.6. The molecule has 3 aromatic heterocycles. The van der Waals surface area contributed by atoms with Crippen LogP contribution in [0.5, 0.6) is 0 Å². The summed E-state index contributed by atoms with van der Waals surface area (Å²) in [6, 6.07) is 12.1. The van der Waals surface area contributed by atoms with Crippen LogP contribution < -0.4 is 4.90 Å². The lowest BCUT2D eigenvalue weighted by Gasteiger charge is -2.28. The van der Waals surface area contributed by atoms with Crippen LogP contribution >= 0.6 is 0 Å². The number of anilines is 1. The van der Waals surface area contributed by atoms with Crippen LogP contribution in [0.15, 0.2) is 59.5 Å². The van der Waals surface area contributed by atoms with Gasteiger partial charge in [-0.1, -0.05) is 11.6 Å². The Labute approximate surface area is 198 Å². The van der Waals surface area contributed by atoms with Crippen molar-refractivity contribution < 1.29 is 13.9 Å². The van der Waals surface area contributed by atoms with E-state index in [1.807, 2.05) is 24.1 Å². The van der Waals surface area contributed by atoms with Crippen LogP contribution in [0.25, 0.3) is 10.9 Å². The number of amides is 1. The average Bonchev–Trinajstić information content (AvgIpc) is 3.61. The van der Waals surface area contributed by atoms with Crippen molar-refractivity contribution in [3.63, 3.8) is 0 Å². The molecule has 1 fully saturated rings. The van der Waals surface area contributed by atoms with E-state index in [-0.39, 0.29) is 12.0 Å². The first-order chi connectivity index (χ1) is 16.6. The summed E-state index contributed by atoms with van der Waals surface area (Å²) in [4.78, 5) is 22.4. The van der Waals surface area contributed by atoms with Crippen molar-refractivity contribution in [2.24, 2.45) is 0 Å². The van der Waals surface area contributed by atoms with Crippen molar-refractivity contribution in [3.8, 4) is 0 Å². The maximum absolute atomic E-state index is 13.4. The second-order valence-electron chi connectivity index (χ2n) is 8.94. The van der Waals surface area contributed by atoms with Gasteiger partial charge in [0.2, 0.25) is 0 Å². The molecule has 8 heteroatoms. The summed E-state index contributed by atoms with van der Waals surface area (Å²) >= 11 is 0. The van der Waals surface area contributed by atoms with Crippen molar-refractivity contribution >= 4 is 22.6 Å². The Morgan fingerprint density at radius 1 is 1.21 bits per heavy atom. The molecule has 4 heterocycles. The molecule has 0 aliphatic carbocycles. The van der Waals surface area contributed by atoms with Crippen LogP contribution in [0.2, 0.25) is 0 Å². The number of rotatable bonds is 8. The highest BCUT2D eigenvalue weighted by atomic mass is 16.5. The Hall–Kier alpha value is -3.65. The first kappa shape index (κ1) is 22.2. The third kappa shape index (κ3) is 4.82. The van der Waals surface area contributed by atoms with Crippen molar-refractivity contribution in [2.75, 3.05) is 25.1 Å². The minimum Gasteiger partial charge on any atom is -0.472 e. The molecule has 1 amide bonds. The predicted molar refractivity (Wildman–Crippen MR) is 130 cm³/mol. The van der Waals surface area contributed by atoms with E-state index in [1.54, 1.807) is 12.3 Å². The zero-order valence-corrected chi connectivity index (χ0v) is 19.5. The minimum absolute atomic E-state index is 0.0395. The molecule has 4 aromatic rings. The van der Waals surface area contributed by atoms with E-state index in [0.717, 1.165) is 47.4 Å². The van der Waals surface area contributed by atoms with Crippen LogP contribution in [-0.4, -0.2) is 52.3 Å². The smallest absolute Gasteiger partial charge is 0.257 e. The fourth-order valence-corrected chi connectivity index (χ4v) is 4.51. The van der Waals surface area contributed by atoms with E-state index >= 15 is 0 Å². The van der Waals surface area contributed by atoms with Gasteiger partial charge in [0.25, 0.3) is 5.91 Å². The van der Waals surface area contributed by atoms with E-state index in [9.17, 15) is 4.79 Å². The van der Waals surface area contributed by atoms with Crippen molar-refractivity contribution in [3.05, 3.63) is 77.5 Å². The average molecular weight is 460 g/mol. The lowest BCUT2D eigenvalue weighted by atomic mass is 10.1. The van der Waals surface area contributed by atoms with Gasteiger partial charge in [-0.05, 0) is 50.1 Å². The van der Waals surface area contributed by atoms with Crippen LogP contribution in [0.4, 0.5) is 5.82 Å². The second kappa shape index (κ2) is 9.69. The van der Waals surface area contributed by atoms with E-state index in [0.29, 0.717) is 25.2 Å². The second-order valence-corrected chi connectivity index (χ2v) is 8.94. The summed E-state index contributed by atoms with van der Waals surface area (Å²) < 4.78 is 11.1. The highest BCUT2D eigenvalue weighted by Crippen LogP contribution is 2.27. The van der Waals surface area contributed by atoms with Crippen LogP contribution in [-0.2, 0) is 17.8 Å². The fourth-order valence-electron chi connectivity index (χ4n) is 4.51. The highest BCUT2D eigenvalue weighted by molar-refractivity contribution is 5.94. The number of carbonyl (C=O) groups excluding carboxylic acids is 1. The van der Waals surface area contributed by atoms with Gasteiger partial charge in [0, 0.05) is 43.9 Å². The third-order valence-corrected chi connectivity index (χ3v) is 6.22. The van der Waals surface area contributed by atoms with Crippen molar-refractivity contribution in [2.45, 2.75) is 39.0 Å². The van der Waals surface area contributed by atoms with Crippen LogP contribution in [0.1, 0.15) is 40.0 Å². The van der Waals surface area contributed by atoms with Crippen molar-refractivity contribution in [1.82, 2.24) is 20.1 Å². The van der Waals surface area contributed by atoms with Crippen LogP contribution in [0.3, 0.4) is 0 Å². The molecule has 176 valence electrons. The molecule has 0 bridgehead atoms. The van der Waals surface area contributed by atoms with E-state index in [1.165, 1.54) is 18.1 Å². The molecule has 1 aliphatic rings. The Morgan fingerprint density at radius 3 is 2.85 bits per heavy atom. The monoisotopic (exact) mass is 459 g/mol. The topological polar surface area (TPSA) is 87.5 Å². The number of H-pyrrole nitrogens is 1. The molecule has 1 N–H and O–H groups in total. The number of hydrogen-bond acceptors (Lipinski definition) is 6. The summed E-state index contributed by atoms with van der Waals surface area (Å²) in [6.07, 6.45) is 6.79. The molecule has 8 nitrogen and oxygen atoms in total. The lowest BCUT2D eigenvalue weighted by Crippen LogP contribution is -2.37. The Morgan fingerprint density at radius 2 is 2.12 bits per heavy atom. The lowest BCUT2D eigenvalue weighted by molar-refractivity contribution is 0.0507. The number of aromatic nitrogens is 3. The number of ether oxygens (including phenoxy) is 1. The third-order valence-electron chi connectivity index (χ3n) is 6.22. The standard InChI is InChI=1S/C26H29N5O3/c1-18-5-6-24-20(12-18)13-21(25(28-24)30(2)15-22-7-9-27-29-22)14-31(16-23-4-3-10-34-23)26(32)19-8-11-33-17-19/h5-9,11-13,17,23H,3-4,10,14-16H2,1-2H3,(H,27,29). The number of aromatic amines is 1. The van der Waals surface area contributed by atoms with E-state index in [2.05, 4.69) is 40.2 Å². The van der Waals surface area contributed by atoms with Crippen LogP contribution in [0, 0.1) is 6.92 Å². The number of carbonyl (C=O) groups is 1. The number of nitrogens with zero attached hydrogens (tertiary/aromatic N) is 4. The molecule has 0 saturated carbocycles. The van der Waals surface area contributed by atoms with Gasteiger partial charge in [-0.15, -0.1) is 0 Å². The zero-order chi connectivity index (χ0) is 23.5. The van der Waals surface area contributed by atoms with Gasteiger partial charge in [0.05, 0.1) is 35.7 Å². The van der Waals surface area contributed by atoms with Gasteiger partial charge < -0.3 is 19.0 Å². The number of furan rings is 1. The molecular weight excluding hydrogens is 430 g/mol. The molecule has 5 rings (SSSR count). The molecule has 1 saturated heterocycles. The number of aryl methyl sites for hydroxylation is 1. The summed E-state index contributed by atoms with van der Waals surface area (Å²) in [5.74, 6) is 0.763. The van der Waals surface area contributed by atoms with E-state index < -0.39 is 0 Å². The molecule has 1 atom stereocenters. The number of nitrogens with one attached hydrogen (secondary N) is 1. The molecule has 1 unspecified atom stereocenters. The van der Waals surface area contributed by atoms with Gasteiger partial charge in [0.15, 0.2) is 0 Å². The molecule has 1 aliphatic heterocycles. The van der Waals surface area contributed by atoms with Gasteiger partial charge >= 0.3 is 0 Å². The summed E-state index contributed by atoms with van der Waals surface area (Å²) in [5, 5.41) is 8.13. The number of pyridine rings is 1. The highest BCUT2D eigenvalue weighted by Gasteiger charge is 2.26. The summed E-state index contributed by atoms with van der Waals surface area (Å²) in [7, 11) is 2.01. The van der Waals surface area contributed by atoms with Gasteiger partial charge in [0.1, 0.15) is 12.1 Å². The molecule has 0 spiro atoms. The van der Waals surface area contributed by atoms with Gasteiger partial charge in [-0.2, -0.15) is 5.10 Å². The Bertz CT molecular complexity index is 1250. The number of benzene rings is 1. The zero-order valence-electron chi connectivity index (χ0n) is 19.5. The summed E-state index contributed by atoms with van der Waals surface area (Å²) in [5.41, 5.74) is 4.60. The normalized spacial score (nSPS) is 15.6. The number of hydrogen-bond donors (Lipinski definition) is 1. The fraction of sp³-hybridized carbons (Fsp3) is 0.346. The Balaban J connectivity index is 1.52. The molecular formula is C26H29N5O3. The first-order valence-corrected chi connectivity index (χ1v) is 11.6. The largest absolute Gasteiger partial charge is 0.472 e. The summed E-state index contributed by atoms with van der Waals surface area (Å²) in [6.45, 7) is 4.39. The maximum atomic E-state index is 13.4. The van der Waals surface area contributed by atoms with E-state index in [4.69, 9.17) is 14.1 Å². The maximum Gasteiger partial charge on any atom is 0.257 e. The van der Waals surface area contributed by atoms with Gasteiger partial charge in [-0.25, -0.2) is 4.98 Å². The molecule has 0 radical (unpaired) electrons.